The zero-order valence-corrected chi connectivity index (χ0v) is 17.5. The first kappa shape index (κ1) is 20.2. The molecule has 0 spiro atoms. The first-order valence-corrected chi connectivity index (χ1v) is 9.94. The second-order valence-corrected chi connectivity index (χ2v) is 7.36. The molecule has 0 bridgehead atoms. The topological polar surface area (TPSA) is 82.2 Å². The Morgan fingerprint density at radius 3 is 2.84 bits per heavy atom. The van der Waals surface area contributed by atoms with Gasteiger partial charge < -0.3 is 10.6 Å². The minimum absolute atomic E-state index is 0.253. The number of carbonyl (C=O) groups excluding carboxylic acids is 1. The highest BCUT2D eigenvalue weighted by Gasteiger charge is 2.22. The molecule has 156 valence electrons. The summed E-state index contributed by atoms with van der Waals surface area (Å²) in [6.07, 6.45) is 7.13. The molecule has 3 heterocycles. The largest absolute Gasteiger partial charge is 0.334 e. The highest BCUT2D eigenvalue weighted by Crippen LogP contribution is 2.30. The number of hydrogen-bond acceptors (Lipinski definition) is 5. The van der Waals surface area contributed by atoms with E-state index >= 15 is 0 Å². The number of urea groups is 1. The third-order valence-electron chi connectivity index (χ3n) is 5.02. The van der Waals surface area contributed by atoms with Gasteiger partial charge in [-0.15, -0.1) is 0 Å². The van der Waals surface area contributed by atoms with Crippen molar-refractivity contribution in [1.82, 2.24) is 20.7 Å². The molecule has 1 aliphatic heterocycles. The van der Waals surface area contributed by atoms with E-state index < -0.39 is 0 Å². The summed E-state index contributed by atoms with van der Waals surface area (Å²) >= 11 is 0. The van der Waals surface area contributed by atoms with Crippen molar-refractivity contribution in [1.29, 1.82) is 0 Å². The molecule has 3 aromatic rings. The molecular weight excluding hydrogens is 388 g/mol. The number of anilines is 2. The Labute approximate surface area is 181 Å². The summed E-state index contributed by atoms with van der Waals surface area (Å²) in [6.45, 7) is 8.52. The van der Waals surface area contributed by atoms with E-state index in [0.29, 0.717) is 12.4 Å². The van der Waals surface area contributed by atoms with Gasteiger partial charge in [0.1, 0.15) is 0 Å². The number of nitrogens with zero attached hydrogens (tertiary/aromatic N) is 3. The van der Waals surface area contributed by atoms with Crippen LogP contribution < -0.4 is 21.1 Å². The lowest BCUT2D eigenvalue weighted by molar-refractivity contribution is 0.251. The smallest absolute Gasteiger partial charge is 0.319 e. The summed E-state index contributed by atoms with van der Waals surface area (Å²) in [7, 11) is 0. The molecule has 2 aromatic heterocycles. The Bertz CT molecular complexity index is 1160. The predicted octanol–water partition coefficient (Wildman–Crippen LogP) is 4.29. The predicted molar refractivity (Wildman–Crippen MR) is 123 cm³/mol. The van der Waals surface area contributed by atoms with Crippen LogP contribution in [-0.4, -0.2) is 16.0 Å². The molecule has 0 fully saturated rings. The molecule has 0 unspecified atom stereocenters. The van der Waals surface area contributed by atoms with Crippen molar-refractivity contribution in [3.63, 3.8) is 0 Å². The lowest BCUT2D eigenvalue weighted by atomic mass is 10.1. The molecule has 1 aliphatic rings. The second kappa shape index (κ2) is 8.71. The van der Waals surface area contributed by atoms with Gasteiger partial charge in [-0.1, -0.05) is 24.8 Å². The lowest BCUT2D eigenvalue weighted by Crippen LogP contribution is -2.30. The molecule has 0 aliphatic carbocycles. The van der Waals surface area contributed by atoms with E-state index in [2.05, 4.69) is 32.6 Å². The van der Waals surface area contributed by atoms with Gasteiger partial charge in [0.05, 0.1) is 5.70 Å². The van der Waals surface area contributed by atoms with Crippen molar-refractivity contribution in [2.75, 3.05) is 10.3 Å². The fourth-order valence-electron chi connectivity index (χ4n) is 3.30. The maximum absolute atomic E-state index is 12.4. The third-order valence-corrected chi connectivity index (χ3v) is 5.02. The molecule has 7 nitrogen and oxygen atoms in total. The van der Waals surface area contributed by atoms with E-state index in [4.69, 9.17) is 0 Å². The van der Waals surface area contributed by atoms with Crippen LogP contribution in [0.4, 0.5) is 16.3 Å². The fourth-order valence-corrected chi connectivity index (χ4v) is 3.30. The standard InChI is InChI=1S/C24H24N6O/c1-16-6-7-17(2)22(11-16)29-24(31)27-13-19-8-10-26-23(12-19)30-18(3)21(15-28-30)20-5-4-9-25-14-20/h4-12,14-15,28H,3,13H2,1-2H3,(H2,27,29,31). The maximum atomic E-state index is 12.4. The van der Waals surface area contributed by atoms with Crippen LogP contribution in [0.1, 0.15) is 22.3 Å². The molecule has 3 N–H and O–H groups in total. The third kappa shape index (κ3) is 4.56. The minimum atomic E-state index is -0.253. The number of hydrazine groups is 1. The minimum Gasteiger partial charge on any atom is -0.334 e. The molecule has 31 heavy (non-hydrogen) atoms. The van der Waals surface area contributed by atoms with Crippen LogP contribution in [-0.2, 0) is 6.54 Å². The van der Waals surface area contributed by atoms with Gasteiger partial charge in [0.15, 0.2) is 5.82 Å². The van der Waals surface area contributed by atoms with Crippen LogP contribution in [0.25, 0.3) is 5.57 Å². The van der Waals surface area contributed by atoms with E-state index in [-0.39, 0.29) is 6.03 Å². The molecule has 0 atom stereocenters. The van der Waals surface area contributed by atoms with Crippen LogP contribution in [0.3, 0.4) is 0 Å². The van der Waals surface area contributed by atoms with Crippen molar-refractivity contribution in [3.05, 3.63) is 102 Å². The molecule has 0 radical (unpaired) electrons. The highest BCUT2D eigenvalue weighted by molar-refractivity contribution is 5.90. The van der Waals surface area contributed by atoms with Gasteiger partial charge >= 0.3 is 6.03 Å². The van der Waals surface area contributed by atoms with Crippen LogP contribution in [0.15, 0.2) is 79.5 Å². The summed E-state index contributed by atoms with van der Waals surface area (Å²) in [4.78, 5) is 21.0. The van der Waals surface area contributed by atoms with Crippen molar-refractivity contribution < 1.29 is 4.79 Å². The molecule has 1 aromatic carbocycles. The van der Waals surface area contributed by atoms with Gasteiger partial charge in [-0.3, -0.25) is 10.4 Å². The molecular formula is C24H24N6O. The van der Waals surface area contributed by atoms with Gasteiger partial charge in [-0.05, 0) is 54.8 Å². The number of carbonyl (C=O) groups is 1. The normalized spacial score (nSPS) is 12.9. The highest BCUT2D eigenvalue weighted by atomic mass is 16.2. The van der Waals surface area contributed by atoms with Gasteiger partial charge in [0, 0.05) is 48.2 Å². The number of benzene rings is 1. The monoisotopic (exact) mass is 412 g/mol. The van der Waals surface area contributed by atoms with Gasteiger partial charge in [0.25, 0.3) is 0 Å². The summed E-state index contributed by atoms with van der Waals surface area (Å²) in [5, 5.41) is 7.61. The van der Waals surface area contributed by atoms with Crippen LogP contribution in [0.5, 0.6) is 0 Å². The van der Waals surface area contributed by atoms with Crippen LogP contribution in [0, 0.1) is 13.8 Å². The number of nitrogens with one attached hydrogen (secondary N) is 3. The van der Waals surface area contributed by atoms with E-state index in [9.17, 15) is 4.79 Å². The van der Waals surface area contributed by atoms with Crippen LogP contribution in [0.2, 0.25) is 0 Å². The zero-order valence-electron chi connectivity index (χ0n) is 17.5. The summed E-state index contributed by atoms with van der Waals surface area (Å²) < 4.78 is 0. The van der Waals surface area contributed by atoms with Gasteiger partial charge in [0.2, 0.25) is 0 Å². The average Bonchev–Trinajstić information content (AvgIpc) is 3.17. The van der Waals surface area contributed by atoms with E-state index in [1.165, 1.54) is 0 Å². The molecule has 4 rings (SSSR count). The molecule has 2 amide bonds. The first-order chi connectivity index (χ1) is 15.0. The SMILES string of the molecule is C=C1C(c2cccnc2)=CNN1c1cc(CNC(=O)Nc2cc(C)ccc2C)ccn1. The van der Waals surface area contributed by atoms with Gasteiger partial charge in [-0.25, -0.2) is 14.8 Å². The number of amides is 2. The molecule has 0 saturated carbocycles. The van der Waals surface area contributed by atoms with Crippen molar-refractivity contribution in [3.8, 4) is 0 Å². The quantitative estimate of drug-likeness (QED) is 0.582. The number of rotatable bonds is 5. The van der Waals surface area contributed by atoms with Gasteiger partial charge in [-0.2, -0.15) is 0 Å². The second-order valence-electron chi connectivity index (χ2n) is 7.36. The Balaban J connectivity index is 1.39. The number of aromatic nitrogens is 2. The van der Waals surface area contributed by atoms with E-state index in [1.807, 2.05) is 67.5 Å². The van der Waals surface area contributed by atoms with Crippen molar-refractivity contribution in [2.24, 2.45) is 0 Å². The molecule has 0 saturated heterocycles. The van der Waals surface area contributed by atoms with Crippen molar-refractivity contribution in [2.45, 2.75) is 20.4 Å². The Morgan fingerprint density at radius 1 is 1.16 bits per heavy atom. The lowest BCUT2D eigenvalue weighted by Gasteiger charge is -2.20. The summed E-state index contributed by atoms with van der Waals surface area (Å²) in [5.74, 6) is 0.689. The van der Waals surface area contributed by atoms with Crippen molar-refractivity contribution >= 4 is 23.1 Å². The number of pyridine rings is 2. The fraction of sp³-hybridized carbons (Fsp3) is 0.125. The number of hydrogen-bond donors (Lipinski definition) is 3. The number of aryl methyl sites for hydroxylation is 2. The molecule has 7 heteroatoms. The van der Waals surface area contributed by atoms with Crippen LogP contribution >= 0.6 is 0 Å². The first-order valence-electron chi connectivity index (χ1n) is 9.94. The average molecular weight is 412 g/mol. The Hall–Kier alpha value is -4.13. The Morgan fingerprint density at radius 2 is 2.03 bits per heavy atom. The summed E-state index contributed by atoms with van der Waals surface area (Å²) in [5.41, 5.74) is 9.73. The summed E-state index contributed by atoms with van der Waals surface area (Å²) in [6, 6.07) is 13.4. The van der Waals surface area contributed by atoms with E-state index in [0.717, 1.165) is 39.2 Å². The Kier molecular flexibility index (Phi) is 5.66. The maximum Gasteiger partial charge on any atom is 0.319 e. The number of allylic oxidation sites excluding steroid dienone is 1. The zero-order chi connectivity index (χ0) is 21.8. The van der Waals surface area contributed by atoms with E-state index in [1.54, 1.807) is 18.6 Å².